The first-order valence-electron chi connectivity index (χ1n) is 5.73. The lowest BCUT2D eigenvalue weighted by molar-refractivity contribution is 0.149. The quantitative estimate of drug-likeness (QED) is 0.752. The SMILES string of the molecule is Cc1ccn(CC(O)CNC2CC2)c(=O)c1. The number of nitrogens with one attached hydrogen (secondary N) is 1. The van der Waals surface area contributed by atoms with Crippen molar-refractivity contribution < 1.29 is 5.11 Å². The summed E-state index contributed by atoms with van der Waals surface area (Å²) < 4.78 is 1.55. The first-order valence-corrected chi connectivity index (χ1v) is 5.73. The van der Waals surface area contributed by atoms with Crippen molar-refractivity contribution in [2.75, 3.05) is 6.54 Å². The summed E-state index contributed by atoms with van der Waals surface area (Å²) in [4.78, 5) is 11.6. The topological polar surface area (TPSA) is 54.3 Å². The molecular formula is C12H18N2O2. The second kappa shape index (κ2) is 4.80. The Kier molecular flexibility index (Phi) is 3.41. The van der Waals surface area contributed by atoms with Gasteiger partial charge in [0.15, 0.2) is 0 Å². The van der Waals surface area contributed by atoms with Crippen molar-refractivity contribution in [2.24, 2.45) is 0 Å². The molecule has 1 aliphatic rings. The number of pyridine rings is 1. The van der Waals surface area contributed by atoms with Crippen LogP contribution >= 0.6 is 0 Å². The Morgan fingerprint density at radius 3 is 3.00 bits per heavy atom. The second-order valence-corrected chi connectivity index (χ2v) is 4.53. The zero-order valence-corrected chi connectivity index (χ0v) is 9.52. The molecule has 1 atom stereocenters. The molecule has 0 radical (unpaired) electrons. The molecule has 1 aromatic rings. The maximum absolute atomic E-state index is 11.6. The van der Waals surface area contributed by atoms with Crippen LogP contribution in [0.15, 0.2) is 23.1 Å². The van der Waals surface area contributed by atoms with Gasteiger partial charge in [-0.05, 0) is 31.4 Å². The molecule has 0 spiro atoms. The highest BCUT2D eigenvalue weighted by Gasteiger charge is 2.21. The molecule has 0 aromatic carbocycles. The van der Waals surface area contributed by atoms with Gasteiger partial charge in [-0.3, -0.25) is 4.79 Å². The third-order valence-electron chi connectivity index (χ3n) is 2.78. The fourth-order valence-electron chi connectivity index (χ4n) is 1.64. The van der Waals surface area contributed by atoms with Gasteiger partial charge < -0.3 is 15.0 Å². The summed E-state index contributed by atoms with van der Waals surface area (Å²) in [6.07, 6.45) is 3.65. The van der Waals surface area contributed by atoms with Gasteiger partial charge >= 0.3 is 0 Å². The van der Waals surface area contributed by atoms with E-state index in [0.717, 1.165) is 5.56 Å². The lowest BCUT2D eigenvalue weighted by Crippen LogP contribution is -2.34. The van der Waals surface area contributed by atoms with E-state index < -0.39 is 6.10 Å². The van der Waals surface area contributed by atoms with Crippen molar-refractivity contribution in [2.45, 2.75) is 38.5 Å². The summed E-state index contributed by atoms with van der Waals surface area (Å²) in [6, 6.07) is 4.05. The molecule has 4 nitrogen and oxygen atoms in total. The fourth-order valence-corrected chi connectivity index (χ4v) is 1.64. The Bertz CT molecular complexity index is 410. The van der Waals surface area contributed by atoms with E-state index in [4.69, 9.17) is 0 Å². The summed E-state index contributed by atoms with van der Waals surface area (Å²) in [5.74, 6) is 0. The monoisotopic (exact) mass is 222 g/mol. The Balaban J connectivity index is 1.88. The molecule has 1 aromatic heterocycles. The molecule has 88 valence electrons. The maximum Gasteiger partial charge on any atom is 0.250 e. The Labute approximate surface area is 94.9 Å². The molecule has 1 unspecified atom stereocenters. The van der Waals surface area contributed by atoms with Crippen molar-refractivity contribution in [3.63, 3.8) is 0 Å². The van der Waals surface area contributed by atoms with Gasteiger partial charge in [-0.25, -0.2) is 0 Å². The molecule has 2 rings (SSSR count). The summed E-state index contributed by atoms with van der Waals surface area (Å²) in [5.41, 5.74) is 0.900. The molecule has 1 aliphatic carbocycles. The molecule has 0 aliphatic heterocycles. The molecule has 16 heavy (non-hydrogen) atoms. The molecular weight excluding hydrogens is 204 g/mol. The van der Waals surface area contributed by atoms with Crippen LogP contribution in [0, 0.1) is 6.92 Å². The number of aryl methyl sites for hydroxylation is 1. The van der Waals surface area contributed by atoms with Crippen molar-refractivity contribution in [1.29, 1.82) is 0 Å². The Hall–Kier alpha value is -1.13. The zero-order chi connectivity index (χ0) is 11.5. The Morgan fingerprint density at radius 2 is 2.38 bits per heavy atom. The number of aliphatic hydroxyl groups excluding tert-OH is 1. The molecule has 0 saturated heterocycles. The summed E-state index contributed by atoms with van der Waals surface area (Å²) in [7, 11) is 0. The molecule has 1 heterocycles. The van der Waals surface area contributed by atoms with Gasteiger partial charge in [0.1, 0.15) is 0 Å². The number of hydrogen-bond acceptors (Lipinski definition) is 3. The lowest BCUT2D eigenvalue weighted by Gasteiger charge is -2.13. The van der Waals surface area contributed by atoms with Crippen LogP contribution in [0.3, 0.4) is 0 Å². The molecule has 1 saturated carbocycles. The average Bonchev–Trinajstić information content (AvgIpc) is 3.03. The van der Waals surface area contributed by atoms with Gasteiger partial charge in [0.05, 0.1) is 12.6 Å². The predicted octanol–water partition coefficient (Wildman–Crippen LogP) is 0.270. The van der Waals surface area contributed by atoms with E-state index in [1.54, 1.807) is 16.8 Å². The second-order valence-electron chi connectivity index (χ2n) is 4.53. The van der Waals surface area contributed by atoms with Crippen LogP contribution in [0.5, 0.6) is 0 Å². The van der Waals surface area contributed by atoms with E-state index in [1.807, 2.05) is 13.0 Å². The van der Waals surface area contributed by atoms with Crippen LogP contribution in [0.2, 0.25) is 0 Å². The van der Waals surface area contributed by atoms with Crippen LogP contribution in [-0.4, -0.2) is 28.4 Å². The van der Waals surface area contributed by atoms with E-state index in [9.17, 15) is 9.90 Å². The predicted molar refractivity (Wildman–Crippen MR) is 62.5 cm³/mol. The van der Waals surface area contributed by atoms with Crippen LogP contribution in [0.1, 0.15) is 18.4 Å². The third-order valence-corrected chi connectivity index (χ3v) is 2.78. The van der Waals surface area contributed by atoms with Gasteiger partial charge in [0.25, 0.3) is 5.56 Å². The van der Waals surface area contributed by atoms with E-state index in [-0.39, 0.29) is 5.56 Å². The highest BCUT2D eigenvalue weighted by molar-refractivity contribution is 5.08. The molecule has 4 heteroatoms. The van der Waals surface area contributed by atoms with E-state index in [2.05, 4.69) is 5.32 Å². The highest BCUT2D eigenvalue weighted by Crippen LogP contribution is 2.18. The van der Waals surface area contributed by atoms with Gasteiger partial charge in [-0.2, -0.15) is 0 Å². The van der Waals surface area contributed by atoms with Crippen molar-refractivity contribution in [3.05, 3.63) is 34.2 Å². The number of aromatic nitrogens is 1. The minimum absolute atomic E-state index is 0.0505. The number of aliphatic hydroxyl groups is 1. The summed E-state index contributed by atoms with van der Waals surface area (Å²) in [5, 5.41) is 13.0. The smallest absolute Gasteiger partial charge is 0.250 e. The van der Waals surface area contributed by atoms with Gasteiger partial charge in [-0.1, -0.05) is 0 Å². The largest absolute Gasteiger partial charge is 0.390 e. The van der Waals surface area contributed by atoms with Gasteiger partial charge in [0.2, 0.25) is 0 Å². The van der Waals surface area contributed by atoms with Crippen LogP contribution in [0.25, 0.3) is 0 Å². The minimum Gasteiger partial charge on any atom is -0.390 e. The zero-order valence-electron chi connectivity index (χ0n) is 9.52. The number of nitrogens with zero attached hydrogens (tertiary/aromatic N) is 1. The first kappa shape index (κ1) is 11.4. The van der Waals surface area contributed by atoms with Gasteiger partial charge in [-0.15, -0.1) is 0 Å². The minimum atomic E-state index is -0.499. The van der Waals surface area contributed by atoms with Gasteiger partial charge in [0, 0.05) is 24.8 Å². The van der Waals surface area contributed by atoms with Crippen LogP contribution in [-0.2, 0) is 6.54 Å². The normalized spacial score (nSPS) is 17.4. The van der Waals surface area contributed by atoms with E-state index >= 15 is 0 Å². The van der Waals surface area contributed by atoms with E-state index in [1.165, 1.54) is 12.8 Å². The third kappa shape index (κ3) is 3.18. The molecule has 2 N–H and O–H groups in total. The first-order chi connectivity index (χ1) is 7.65. The van der Waals surface area contributed by atoms with Crippen LogP contribution in [0.4, 0.5) is 0 Å². The molecule has 1 fully saturated rings. The summed E-state index contributed by atoms with van der Waals surface area (Å²) >= 11 is 0. The summed E-state index contributed by atoms with van der Waals surface area (Å²) in [6.45, 7) is 2.81. The average molecular weight is 222 g/mol. The van der Waals surface area contributed by atoms with Crippen molar-refractivity contribution in [1.82, 2.24) is 9.88 Å². The molecule has 0 bridgehead atoms. The number of hydrogen-bond donors (Lipinski definition) is 2. The molecule has 0 amide bonds. The highest BCUT2D eigenvalue weighted by atomic mass is 16.3. The number of rotatable bonds is 5. The van der Waals surface area contributed by atoms with Crippen LogP contribution < -0.4 is 10.9 Å². The van der Waals surface area contributed by atoms with Crippen molar-refractivity contribution in [3.8, 4) is 0 Å². The Morgan fingerprint density at radius 1 is 1.62 bits per heavy atom. The van der Waals surface area contributed by atoms with Crippen molar-refractivity contribution >= 4 is 0 Å². The lowest BCUT2D eigenvalue weighted by atomic mass is 10.3. The van der Waals surface area contributed by atoms with E-state index in [0.29, 0.717) is 19.1 Å². The maximum atomic E-state index is 11.6. The fraction of sp³-hybridized carbons (Fsp3) is 0.583. The standard InChI is InChI=1S/C12H18N2O2/c1-9-4-5-14(12(16)6-9)8-11(15)7-13-10-2-3-10/h4-6,10-11,13,15H,2-3,7-8H2,1H3.